The van der Waals surface area contributed by atoms with Gasteiger partial charge in [-0.2, -0.15) is 0 Å². The molecule has 1 aromatic carbocycles. The predicted octanol–water partition coefficient (Wildman–Crippen LogP) is 4.29. The van der Waals surface area contributed by atoms with Crippen LogP contribution in [0.3, 0.4) is 0 Å². The van der Waals surface area contributed by atoms with E-state index in [0.29, 0.717) is 13.1 Å². The van der Waals surface area contributed by atoms with Crippen molar-refractivity contribution in [2.24, 2.45) is 9.98 Å². The summed E-state index contributed by atoms with van der Waals surface area (Å²) in [5.41, 5.74) is 2.41. The van der Waals surface area contributed by atoms with Crippen molar-refractivity contribution in [2.45, 2.75) is 51.8 Å². The van der Waals surface area contributed by atoms with Crippen LogP contribution in [0, 0.1) is 6.92 Å². The normalized spacial score (nSPS) is 19.3. The number of piperidine rings is 1. The molecule has 0 atom stereocenters. The zero-order chi connectivity index (χ0) is 18.9. The van der Waals surface area contributed by atoms with Crippen molar-refractivity contribution < 1.29 is 9.53 Å². The third-order valence-electron chi connectivity index (χ3n) is 4.57. The van der Waals surface area contributed by atoms with Crippen molar-refractivity contribution in [3.05, 3.63) is 35.4 Å². The number of carbonyl (C=O) groups is 1. The Balaban J connectivity index is 1.75. The van der Waals surface area contributed by atoms with Crippen molar-refractivity contribution >= 4 is 28.6 Å². The summed E-state index contributed by atoms with van der Waals surface area (Å²) in [6.07, 6.45) is 3.25. The fourth-order valence-electron chi connectivity index (χ4n) is 3.16. The second-order valence-corrected chi connectivity index (χ2v) is 8.69. The highest BCUT2D eigenvalue weighted by molar-refractivity contribution is 8.15. The molecule has 140 valence electrons. The Labute approximate surface area is 159 Å². The number of thioether (sulfide) groups is 1. The molecule has 2 aliphatic heterocycles. The number of hydrogen-bond acceptors (Lipinski definition) is 5. The molecule has 1 spiro atoms. The number of hydrogen-bond donors (Lipinski definition) is 0. The monoisotopic (exact) mass is 373 g/mol. The number of nitrogens with zero attached hydrogens (tertiary/aromatic N) is 3. The van der Waals surface area contributed by atoms with Crippen molar-refractivity contribution in [1.29, 1.82) is 0 Å². The smallest absolute Gasteiger partial charge is 0.410 e. The van der Waals surface area contributed by atoms with Gasteiger partial charge in [0.15, 0.2) is 5.66 Å². The number of aliphatic imine (C=N–C) groups is 2. The topological polar surface area (TPSA) is 54.3 Å². The lowest BCUT2D eigenvalue weighted by atomic mass is 9.99. The number of likely N-dealkylation sites (tertiary alicyclic amines) is 1. The number of ether oxygens (including phenoxy) is 1. The first-order valence-electron chi connectivity index (χ1n) is 9.00. The molecule has 3 rings (SSSR count). The van der Waals surface area contributed by atoms with Gasteiger partial charge in [-0.1, -0.05) is 29.8 Å². The van der Waals surface area contributed by atoms with Gasteiger partial charge in [0.1, 0.15) is 10.6 Å². The Morgan fingerprint density at radius 1 is 1.15 bits per heavy atom. The van der Waals surface area contributed by atoms with Crippen LogP contribution in [0.15, 0.2) is 34.3 Å². The Kier molecular flexibility index (Phi) is 5.15. The second kappa shape index (κ2) is 7.06. The summed E-state index contributed by atoms with van der Waals surface area (Å²) in [6, 6.07) is 8.42. The van der Waals surface area contributed by atoms with E-state index in [0.717, 1.165) is 29.2 Å². The largest absolute Gasteiger partial charge is 0.444 e. The number of amides is 1. The quantitative estimate of drug-likeness (QED) is 0.738. The van der Waals surface area contributed by atoms with Gasteiger partial charge in [-0.25, -0.2) is 9.79 Å². The third kappa shape index (κ3) is 4.11. The summed E-state index contributed by atoms with van der Waals surface area (Å²) in [7, 11) is 0. The first-order valence-corrected chi connectivity index (χ1v) is 10.2. The van der Waals surface area contributed by atoms with Crippen LogP contribution in [-0.4, -0.2) is 52.4 Å². The first kappa shape index (κ1) is 19.0. The maximum absolute atomic E-state index is 12.3. The van der Waals surface area contributed by atoms with Gasteiger partial charge in [0.25, 0.3) is 0 Å². The summed E-state index contributed by atoms with van der Waals surface area (Å²) < 4.78 is 5.48. The van der Waals surface area contributed by atoms with E-state index >= 15 is 0 Å². The minimum atomic E-state index is -0.472. The van der Waals surface area contributed by atoms with Crippen molar-refractivity contribution in [3.8, 4) is 0 Å². The Morgan fingerprint density at radius 2 is 1.77 bits per heavy atom. The Morgan fingerprint density at radius 3 is 2.31 bits per heavy atom. The van der Waals surface area contributed by atoms with Crippen molar-refractivity contribution in [1.82, 2.24) is 4.90 Å². The molecule has 1 saturated heterocycles. The SMILES string of the molecule is CSC1=NC2(CCN(C(=O)OC(C)(C)C)CC2)N=C1c1ccc(C)cc1. The van der Waals surface area contributed by atoms with Crippen LogP contribution in [0.25, 0.3) is 0 Å². The lowest BCUT2D eigenvalue weighted by molar-refractivity contribution is 0.0175. The average Bonchev–Trinajstić information content (AvgIpc) is 2.93. The van der Waals surface area contributed by atoms with Gasteiger partial charge in [0.05, 0.1) is 5.71 Å². The van der Waals surface area contributed by atoms with Crippen LogP contribution in [-0.2, 0) is 4.74 Å². The summed E-state index contributed by atoms with van der Waals surface area (Å²) in [4.78, 5) is 24.0. The van der Waals surface area contributed by atoms with Crippen LogP contribution >= 0.6 is 11.8 Å². The molecule has 2 heterocycles. The summed E-state index contributed by atoms with van der Waals surface area (Å²) in [5, 5.41) is 0.986. The van der Waals surface area contributed by atoms with Crippen molar-refractivity contribution in [2.75, 3.05) is 19.3 Å². The lowest BCUT2D eigenvalue weighted by Crippen LogP contribution is -2.46. The van der Waals surface area contributed by atoms with Gasteiger partial charge in [-0.05, 0) is 34.0 Å². The van der Waals surface area contributed by atoms with E-state index in [-0.39, 0.29) is 6.09 Å². The van der Waals surface area contributed by atoms with Crippen LogP contribution in [0.2, 0.25) is 0 Å². The highest BCUT2D eigenvalue weighted by Crippen LogP contribution is 2.35. The fraction of sp³-hybridized carbons (Fsp3) is 0.550. The highest BCUT2D eigenvalue weighted by atomic mass is 32.2. The average molecular weight is 374 g/mol. The predicted molar refractivity (Wildman–Crippen MR) is 108 cm³/mol. The molecule has 0 saturated carbocycles. The van der Waals surface area contributed by atoms with E-state index in [1.54, 1.807) is 16.7 Å². The maximum atomic E-state index is 12.3. The van der Waals surface area contributed by atoms with Gasteiger partial charge in [-0.3, -0.25) is 4.99 Å². The molecule has 1 aromatic rings. The van der Waals surface area contributed by atoms with Gasteiger partial charge in [0, 0.05) is 31.5 Å². The molecular formula is C20H27N3O2S. The van der Waals surface area contributed by atoms with Gasteiger partial charge < -0.3 is 9.64 Å². The standard InChI is InChI=1S/C20H27N3O2S/c1-14-6-8-15(9-7-14)16-17(26-5)22-20(21-16)10-12-23(13-11-20)18(24)25-19(2,3)4/h6-9H,10-13H2,1-5H3. The molecule has 1 amide bonds. The zero-order valence-corrected chi connectivity index (χ0v) is 17.0. The van der Waals surface area contributed by atoms with Gasteiger partial charge in [-0.15, -0.1) is 11.8 Å². The molecule has 1 fully saturated rings. The summed E-state index contributed by atoms with van der Waals surface area (Å²) >= 11 is 1.64. The van der Waals surface area contributed by atoms with Crippen molar-refractivity contribution in [3.63, 3.8) is 0 Å². The molecule has 0 aliphatic carbocycles. The number of benzene rings is 1. The Bertz CT molecular complexity index is 739. The maximum Gasteiger partial charge on any atom is 0.410 e. The van der Waals surface area contributed by atoms with E-state index in [4.69, 9.17) is 14.7 Å². The molecule has 5 nitrogen and oxygen atoms in total. The van der Waals surface area contributed by atoms with E-state index < -0.39 is 11.3 Å². The highest BCUT2D eigenvalue weighted by Gasteiger charge is 2.41. The number of carbonyl (C=O) groups excluding carboxylic acids is 1. The lowest BCUT2D eigenvalue weighted by Gasteiger charge is -2.36. The van der Waals surface area contributed by atoms with E-state index in [1.165, 1.54) is 5.56 Å². The molecule has 0 bridgehead atoms. The van der Waals surface area contributed by atoms with E-state index in [1.807, 2.05) is 27.0 Å². The Hall–Kier alpha value is -1.82. The third-order valence-corrected chi connectivity index (χ3v) is 5.24. The molecule has 0 aromatic heterocycles. The van der Waals surface area contributed by atoms with Gasteiger partial charge >= 0.3 is 6.09 Å². The van der Waals surface area contributed by atoms with Crippen LogP contribution in [0.5, 0.6) is 0 Å². The van der Waals surface area contributed by atoms with E-state index in [2.05, 4.69) is 31.2 Å². The molecule has 0 N–H and O–H groups in total. The fourth-order valence-corrected chi connectivity index (χ4v) is 3.78. The number of aryl methyl sites for hydroxylation is 1. The zero-order valence-electron chi connectivity index (χ0n) is 16.2. The minimum Gasteiger partial charge on any atom is -0.444 e. The number of rotatable bonds is 1. The second-order valence-electron chi connectivity index (χ2n) is 7.90. The molecule has 0 unspecified atom stereocenters. The molecular weight excluding hydrogens is 346 g/mol. The molecule has 0 radical (unpaired) electrons. The molecule has 26 heavy (non-hydrogen) atoms. The first-order chi connectivity index (χ1) is 12.2. The van der Waals surface area contributed by atoms with Crippen LogP contribution < -0.4 is 0 Å². The summed E-state index contributed by atoms with van der Waals surface area (Å²) in [6.45, 7) is 8.98. The van der Waals surface area contributed by atoms with Crippen LogP contribution in [0.4, 0.5) is 4.79 Å². The van der Waals surface area contributed by atoms with Gasteiger partial charge in [0.2, 0.25) is 0 Å². The van der Waals surface area contributed by atoms with E-state index in [9.17, 15) is 4.79 Å². The molecule has 2 aliphatic rings. The minimum absolute atomic E-state index is 0.248. The van der Waals surface area contributed by atoms with Crippen LogP contribution in [0.1, 0.15) is 44.7 Å². The molecule has 6 heteroatoms. The summed E-state index contributed by atoms with van der Waals surface area (Å²) in [5.74, 6) is 0.